The molecule has 1 atom stereocenters. The van der Waals surface area contributed by atoms with Gasteiger partial charge in [-0.3, -0.25) is 8.93 Å². The molecule has 208 valence electrons. The zero-order valence-corrected chi connectivity index (χ0v) is 24.4. The Labute approximate surface area is 235 Å². The molecule has 3 aromatic rings. The number of carbonyl (C=O) groups excluding carboxylic acids is 1. The molecule has 0 spiro atoms. The number of halogens is 2. The van der Waals surface area contributed by atoms with E-state index >= 15 is 0 Å². The van der Waals surface area contributed by atoms with Gasteiger partial charge in [0, 0.05) is 15.7 Å². The standard InChI is InChI=1S/C30H33ClFNO4S2/c1-21(2)17-18-38(35,20-34)25-12-14-26(15-13-25)39(36,37)33-30-6-4-3-5-28(30)23-9-7-22(8-10-23)27-16-11-24(31)19-29(27)32/h3-6,11-16,19,21-23,33H,7-10,17-18H2,1-2H3. The number of benzene rings is 3. The summed E-state index contributed by atoms with van der Waals surface area (Å²) in [5, 5.41) is 2.07. The van der Waals surface area contributed by atoms with E-state index in [-0.39, 0.29) is 39.1 Å². The minimum absolute atomic E-state index is 0.0134. The first-order valence-corrected chi connectivity index (χ1v) is 16.7. The minimum Gasteiger partial charge on any atom is -0.279 e. The summed E-state index contributed by atoms with van der Waals surface area (Å²) in [5.74, 6) is 0.398. The third-order valence-electron chi connectivity index (χ3n) is 7.41. The summed E-state index contributed by atoms with van der Waals surface area (Å²) in [7, 11) is -6.96. The average molecular weight is 590 g/mol. The van der Waals surface area contributed by atoms with Crippen LogP contribution in [0.15, 0.2) is 76.5 Å². The van der Waals surface area contributed by atoms with E-state index in [0.29, 0.717) is 22.7 Å². The van der Waals surface area contributed by atoms with Crippen molar-refractivity contribution in [1.29, 1.82) is 0 Å². The molecule has 0 bridgehead atoms. The quantitative estimate of drug-likeness (QED) is 0.262. The van der Waals surface area contributed by atoms with Crippen molar-refractivity contribution >= 4 is 42.1 Å². The zero-order chi connectivity index (χ0) is 28.2. The van der Waals surface area contributed by atoms with Crippen molar-refractivity contribution in [2.75, 3.05) is 10.5 Å². The maximum absolute atomic E-state index is 14.5. The summed E-state index contributed by atoms with van der Waals surface area (Å²) < 4.78 is 56.8. The van der Waals surface area contributed by atoms with E-state index in [1.807, 2.05) is 26.0 Å². The van der Waals surface area contributed by atoms with Crippen LogP contribution in [-0.2, 0) is 24.3 Å². The van der Waals surface area contributed by atoms with Gasteiger partial charge in [-0.2, -0.15) is 0 Å². The number of sulfonamides is 1. The lowest BCUT2D eigenvalue weighted by Gasteiger charge is -2.30. The second-order valence-electron chi connectivity index (χ2n) is 10.5. The SMILES string of the molecule is CC(C)CCS(=O)(=C=O)c1ccc(S(=O)(=O)Nc2ccccc2C2CCC(c3ccc(Cl)cc3F)CC2)cc1. The molecule has 0 aromatic heterocycles. The van der Waals surface area contributed by atoms with Crippen LogP contribution in [0.2, 0.25) is 5.02 Å². The number of hydrogen-bond acceptors (Lipinski definition) is 4. The van der Waals surface area contributed by atoms with Gasteiger partial charge in [0.2, 0.25) is 0 Å². The molecule has 1 aliphatic carbocycles. The average Bonchev–Trinajstić information content (AvgIpc) is 2.92. The van der Waals surface area contributed by atoms with Gasteiger partial charge in [-0.15, -0.1) is 0 Å². The number of para-hydroxylation sites is 1. The van der Waals surface area contributed by atoms with Crippen LogP contribution in [0.4, 0.5) is 10.1 Å². The van der Waals surface area contributed by atoms with Gasteiger partial charge in [-0.25, -0.2) is 17.6 Å². The van der Waals surface area contributed by atoms with Gasteiger partial charge >= 0.3 is 0 Å². The first-order chi connectivity index (χ1) is 18.5. The van der Waals surface area contributed by atoms with E-state index in [4.69, 9.17) is 11.6 Å². The molecule has 0 amide bonds. The molecule has 1 fully saturated rings. The molecule has 0 heterocycles. The smallest absolute Gasteiger partial charge is 0.261 e. The van der Waals surface area contributed by atoms with E-state index < -0.39 is 19.5 Å². The Morgan fingerprint density at radius 2 is 1.49 bits per heavy atom. The van der Waals surface area contributed by atoms with E-state index in [1.54, 1.807) is 29.5 Å². The summed E-state index contributed by atoms with van der Waals surface area (Å²) in [4.78, 5) is 11.8. The fourth-order valence-corrected chi connectivity index (χ4v) is 8.19. The van der Waals surface area contributed by atoms with Crippen LogP contribution in [0.5, 0.6) is 0 Å². The second-order valence-corrected chi connectivity index (χ2v) is 15.0. The Hall–Kier alpha value is -2.64. The maximum atomic E-state index is 14.5. The molecule has 1 N–H and O–H groups in total. The monoisotopic (exact) mass is 589 g/mol. The normalized spacial score (nSPS) is 19.3. The van der Waals surface area contributed by atoms with Gasteiger partial charge in [0.15, 0.2) is 5.23 Å². The van der Waals surface area contributed by atoms with Crippen molar-refractivity contribution in [2.45, 2.75) is 67.6 Å². The highest BCUT2D eigenvalue weighted by Gasteiger charge is 2.28. The largest absolute Gasteiger partial charge is 0.279 e. The van der Waals surface area contributed by atoms with Crippen LogP contribution < -0.4 is 4.72 Å². The molecule has 3 aromatic carbocycles. The van der Waals surface area contributed by atoms with Gasteiger partial charge in [0.1, 0.15) is 5.82 Å². The zero-order valence-electron chi connectivity index (χ0n) is 22.0. The van der Waals surface area contributed by atoms with E-state index in [9.17, 15) is 21.8 Å². The Balaban J connectivity index is 1.49. The lowest BCUT2D eigenvalue weighted by molar-refractivity contribution is 0.388. The van der Waals surface area contributed by atoms with Gasteiger partial charge in [-0.05, 0) is 103 Å². The third-order valence-corrected chi connectivity index (χ3v) is 11.1. The minimum atomic E-state index is -3.94. The topological polar surface area (TPSA) is 80.3 Å². The van der Waals surface area contributed by atoms with Crippen LogP contribution in [0.3, 0.4) is 0 Å². The predicted octanol–water partition coefficient (Wildman–Crippen LogP) is 7.48. The molecule has 0 saturated heterocycles. The predicted molar refractivity (Wildman–Crippen MR) is 155 cm³/mol. The molecule has 0 radical (unpaired) electrons. The van der Waals surface area contributed by atoms with Crippen LogP contribution in [0, 0.1) is 11.7 Å². The van der Waals surface area contributed by atoms with Crippen molar-refractivity contribution in [3.63, 3.8) is 0 Å². The molecule has 1 aliphatic rings. The number of anilines is 1. The maximum Gasteiger partial charge on any atom is 0.261 e. The molecule has 0 aliphatic heterocycles. The number of hydrogen-bond donors (Lipinski definition) is 1. The van der Waals surface area contributed by atoms with E-state index in [2.05, 4.69) is 4.72 Å². The number of rotatable bonds is 9. The Morgan fingerprint density at radius 3 is 2.08 bits per heavy atom. The van der Waals surface area contributed by atoms with Crippen LogP contribution >= 0.6 is 11.6 Å². The lowest BCUT2D eigenvalue weighted by Crippen LogP contribution is -2.18. The van der Waals surface area contributed by atoms with Crippen molar-refractivity contribution < 1.29 is 21.8 Å². The second kappa shape index (κ2) is 12.3. The van der Waals surface area contributed by atoms with Crippen molar-refractivity contribution in [3.8, 4) is 0 Å². The lowest BCUT2D eigenvalue weighted by atomic mass is 9.76. The Kier molecular flexibility index (Phi) is 9.22. The fraction of sp³-hybridized carbons (Fsp3) is 0.367. The van der Waals surface area contributed by atoms with Gasteiger partial charge in [0.05, 0.1) is 20.1 Å². The Morgan fingerprint density at radius 1 is 0.897 bits per heavy atom. The Bertz CT molecular complexity index is 1570. The van der Waals surface area contributed by atoms with E-state index in [0.717, 1.165) is 31.2 Å². The highest BCUT2D eigenvalue weighted by molar-refractivity contribution is 8.00. The summed E-state index contributed by atoms with van der Waals surface area (Å²) in [5.41, 5.74) is 2.08. The highest BCUT2D eigenvalue weighted by Crippen LogP contribution is 2.43. The molecule has 1 saturated carbocycles. The molecule has 9 heteroatoms. The summed E-state index contributed by atoms with van der Waals surface area (Å²) in [6, 6.07) is 17.8. The molecule has 1 unspecified atom stereocenters. The number of nitrogens with one attached hydrogen (secondary N) is 1. The van der Waals surface area contributed by atoms with Gasteiger partial charge < -0.3 is 0 Å². The first-order valence-electron chi connectivity index (χ1n) is 13.1. The molecular weight excluding hydrogens is 557 g/mol. The first kappa shape index (κ1) is 29.3. The summed E-state index contributed by atoms with van der Waals surface area (Å²) in [6.45, 7) is 3.96. The van der Waals surface area contributed by atoms with Crippen molar-refractivity contribution in [3.05, 3.63) is 88.7 Å². The molecule has 5 nitrogen and oxygen atoms in total. The van der Waals surface area contributed by atoms with Crippen molar-refractivity contribution in [2.24, 2.45) is 5.92 Å². The van der Waals surface area contributed by atoms with Crippen molar-refractivity contribution in [1.82, 2.24) is 0 Å². The molecule has 39 heavy (non-hydrogen) atoms. The highest BCUT2D eigenvalue weighted by atomic mass is 35.5. The molecule has 4 rings (SSSR count). The van der Waals surface area contributed by atoms with Crippen LogP contribution in [0.1, 0.15) is 68.9 Å². The van der Waals surface area contributed by atoms with Gasteiger partial charge in [0.25, 0.3) is 10.0 Å². The summed E-state index contributed by atoms with van der Waals surface area (Å²) >= 11 is 5.91. The van der Waals surface area contributed by atoms with Gasteiger partial charge in [-0.1, -0.05) is 49.7 Å². The summed E-state index contributed by atoms with van der Waals surface area (Å²) in [6.07, 6.45) is 3.77. The fourth-order valence-electron chi connectivity index (χ4n) is 5.15. The van der Waals surface area contributed by atoms with Crippen LogP contribution in [0.25, 0.3) is 0 Å². The van der Waals surface area contributed by atoms with Crippen LogP contribution in [-0.4, -0.2) is 23.6 Å². The van der Waals surface area contributed by atoms with E-state index in [1.165, 1.54) is 30.3 Å². The molecular formula is C30H33ClFNO4S2. The third kappa shape index (κ3) is 6.93.